The Morgan fingerprint density at radius 3 is 2.73 bits per heavy atom. The fourth-order valence-corrected chi connectivity index (χ4v) is 6.07. The summed E-state index contributed by atoms with van der Waals surface area (Å²) in [6.07, 6.45) is 5.40. The van der Waals surface area contributed by atoms with Crippen molar-refractivity contribution in [2.45, 2.75) is 37.1 Å². The molecule has 5 rings (SSSR count). The van der Waals surface area contributed by atoms with E-state index in [-0.39, 0.29) is 16.9 Å². The highest BCUT2D eigenvalue weighted by molar-refractivity contribution is 7.92. The molecule has 0 unspecified atom stereocenters. The average Bonchev–Trinajstić information content (AvgIpc) is 3.30. The zero-order valence-corrected chi connectivity index (χ0v) is 19.6. The minimum Gasteiger partial charge on any atom is -0.492 e. The van der Waals surface area contributed by atoms with Crippen molar-refractivity contribution in [1.82, 2.24) is 0 Å². The molecule has 2 aliphatic rings. The number of para-hydroxylation sites is 2. The number of sulfonamides is 1. The van der Waals surface area contributed by atoms with Gasteiger partial charge in [-0.15, -0.1) is 0 Å². The largest absolute Gasteiger partial charge is 0.492 e. The van der Waals surface area contributed by atoms with Gasteiger partial charge >= 0.3 is 0 Å². The van der Waals surface area contributed by atoms with Crippen LogP contribution >= 0.6 is 0 Å². The summed E-state index contributed by atoms with van der Waals surface area (Å²) in [7, 11) is -3.77. The molecule has 0 saturated carbocycles. The summed E-state index contributed by atoms with van der Waals surface area (Å²) in [6, 6.07) is 21.3. The minimum atomic E-state index is -3.77. The van der Waals surface area contributed by atoms with Gasteiger partial charge in [-0.3, -0.25) is 4.72 Å². The van der Waals surface area contributed by atoms with Crippen molar-refractivity contribution < 1.29 is 13.2 Å². The van der Waals surface area contributed by atoms with Gasteiger partial charge < -0.3 is 10.1 Å². The van der Waals surface area contributed by atoms with Crippen molar-refractivity contribution >= 4 is 21.4 Å². The minimum absolute atomic E-state index is 0.178. The van der Waals surface area contributed by atoms with Gasteiger partial charge in [0.25, 0.3) is 10.0 Å². The second-order valence-electron chi connectivity index (χ2n) is 8.67. The molecule has 1 heterocycles. The summed E-state index contributed by atoms with van der Waals surface area (Å²) in [6.45, 7) is 4.44. The number of hydrogen-bond acceptors (Lipinski definition) is 4. The number of aryl methyl sites for hydroxylation is 1. The molecule has 1 aliphatic carbocycles. The SMILES string of the molecule is CCOc1ccccc1NS(=O)(=O)c1ccc2c(c1)[C@H]1C=CC[C@H]1[C@@H](c1cccc(C)c1)N2. The number of allylic oxidation sites excluding steroid dienone is 2. The second kappa shape index (κ2) is 8.60. The highest BCUT2D eigenvalue weighted by Gasteiger charge is 2.38. The molecule has 1 aliphatic heterocycles. The van der Waals surface area contributed by atoms with Crippen LogP contribution in [0.2, 0.25) is 0 Å². The van der Waals surface area contributed by atoms with Crippen LogP contribution in [0, 0.1) is 12.8 Å². The third kappa shape index (κ3) is 4.11. The Labute approximate surface area is 195 Å². The molecule has 2 N–H and O–H groups in total. The molecule has 0 spiro atoms. The van der Waals surface area contributed by atoms with Crippen molar-refractivity contribution in [3.05, 3.63) is 95.6 Å². The monoisotopic (exact) mass is 460 g/mol. The van der Waals surface area contributed by atoms with Crippen LogP contribution in [-0.4, -0.2) is 15.0 Å². The van der Waals surface area contributed by atoms with Crippen LogP contribution in [0.3, 0.4) is 0 Å². The number of rotatable bonds is 6. The number of hydrogen-bond donors (Lipinski definition) is 2. The van der Waals surface area contributed by atoms with E-state index in [1.807, 2.05) is 25.1 Å². The molecule has 0 aromatic heterocycles. The van der Waals surface area contributed by atoms with Gasteiger partial charge in [0, 0.05) is 11.6 Å². The zero-order chi connectivity index (χ0) is 23.0. The molecule has 170 valence electrons. The molecule has 33 heavy (non-hydrogen) atoms. The molecule has 0 saturated heterocycles. The maximum atomic E-state index is 13.3. The molecule has 6 heteroatoms. The maximum Gasteiger partial charge on any atom is 0.262 e. The van der Waals surface area contributed by atoms with Crippen LogP contribution in [0.4, 0.5) is 11.4 Å². The Bertz CT molecular complexity index is 1320. The smallest absolute Gasteiger partial charge is 0.262 e. The summed E-state index contributed by atoms with van der Waals surface area (Å²) in [5, 5.41) is 3.69. The fourth-order valence-electron chi connectivity index (χ4n) is 4.97. The van der Waals surface area contributed by atoms with E-state index in [1.54, 1.807) is 24.3 Å². The second-order valence-corrected chi connectivity index (χ2v) is 10.4. The van der Waals surface area contributed by atoms with Crippen molar-refractivity contribution in [3.8, 4) is 5.75 Å². The standard InChI is InChI=1S/C27H28N2O3S/c1-3-32-26-13-5-4-12-25(26)29-33(30,31)20-14-15-24-23(17-20)21-10-7-11-22(21)27(28-24)19-9-6-8-18(2)16-19/h4-10,12-17,21-22,27-29H,3,11H2,1-2H3/t21-,22+,27+/m0/s1. The van der Waals surface area contributed by atoms with Crippen LogP contribution in [-0.2, 0) is 10.0 Å². The van der Waals surface area contributed by atoms with Gasteiger partial charge in [0.2, 0.25) is 0 Å². The van der Waals surface area contributed by atoms with Gasteiger partial charge in [0.05, 0.1) is 23.2 Å². The highest BCUT2D eigenvalue weighted by atomic mass is 32.2. The number of ether oxygens (including phenoxy) is 1. The number of benzene rings is 3. The van der Waals surface area contributed by atoms with Crippen molar-refractivity contribution in [2.24, 2.45) is 5.92 Å². The number of anilines is 2. The lowest BCUT2D eigenvalue weighted by atomic mass is 9.77. The third-order valence-electron chi connectivity index (χ3n) is 6.48. The zero-order valence-electron chi connectivity index (χ0n) is 18.8. The van der Waals surface area contributed by atoms with E-state index in [9.17, 15) is 8.42 Å². The number of fused-ring (bicyclic) bond motifs is 3. The molecule has 0 amide bonds. The third-order valence-corrected chi connectivity index (χ3v) is 7.84. The summed E-state index contributed by atoms with van der Waals surface area (Å²) in [5.41, 5.74) is 4.96. The van der Waals surface area contributed by atoms with E-state index in [0.717, 1.165) is 17.7 Å². The molecule has 5 nitrogen and oxygen atoms in total. The van der Waals surface area contributed by atoms with Crippen LogP contribution in [0.1, 0.15) is 42.0 Å². The lowest BCUT2D eigenvalue weighted by Gasteiger charge is -2.37. The Kier molecular flexibility index (Phi) is 5.62. The van der Waals surface area contributed by atoms with Gasteiger partial charge in [0.1, 0.15) is 5.75 Å². The quantitative estimate of drug-likeness (QED) is 0.441. The molecule has 3 aromatic carbocycles. The van der Waals surface area contributed by atoms with E-state index in [2.05, 4.69) is 53.4 Å². The van der Waals surface area contributed by atoms with Gasteiger partial charge in [-0.25, -0.2) is 8.42 Å². The van der Waals surface area contributed by atoms with Crippen molar-refractivity contribution in [1.29, 1.82) is 0 Å². The van der Waals surface area contributed by atoms with E-state index >= 15 is 0 Å². The van der Waals surface area contributed by atoms with Crippen molar-refractivity contribution in [2.75, 3.05) is 16.6 Å². The number of nitrogens with one attached hydrogen (secondary N) is 2. The topological polar surface area (TPSA) is 67.4 Å². The first-order valence-corrected chi connectivity index (χ1v) is 12.8. The van der Waals surface area contributed by atoms with Gasteiger partial charge in [-0.2, -0.15) is 0 Å². The van der Waals surface area contributed by atoms with E-state index in [0.29, 0.717) is 24.0 Å². The summed E-state index contributed by atoms with van der Waals surface area (Å²) < 4.78 is 34.8. The van der Waals surface area contributed by atoms with Gasteiger partial charge in [0.15, 0.2) is 0 Å². The predicted molar refractivity (Wildman–Crippen MR) is 132 cm³/mol. The average molecular weight is 461 g/mol. The lowest BCUT2D eigenvalue weighted by molar-refractivity contribution is 0.342. The summed E-state index contributed by atoms with van der Waals surface area (Å²) >= 11 is 0. The van der Waals surface area contributed by atoms with Crippen LogP contribution in [0.5, 0.6) is 5.75 Å². The van der Waals surface area contributed by atoms with Crippen LogP contribution in [0.15, 0.2) is 83.8 Å². The Morgan fingerprint density at radius 2 is 1.91 bits per heavy atom. The Morgan fingerprint density at radius 1 is 1.06 bits per heavy atom. The lowest BCUT2D eigenvalue weighted by Crippen LogP contribution is -2.29. The molecule has 0 radical (unpaired) electrons. The molecule has 3 atom stereocenters. The molecular weight excluding hydrogens is 432 g/mol. The van der Waals surface area contributed by atoms with E-state index in [4.69, 9.17) is 4.74 Å². The Balaban J connectivity index is 1.48. The normalized spacial score (nSPS) is 21.1. The van der Waals surface area contributed by atoms with Crippen LogP contribution in [0.25, 0.3) is 0 Å². The molecule has 0 bridgehead atoms. The van der Waals surface area contributed by atoms with E-state index in [1.165, 1.54) is 11.1 Å². The van der Waals surface area contributed by atoms with Gasteiger partial charge in [-0.05, 0) is 67.6 Å². The first-order valence-electron chi connectivity index (χ1n) is 11.3. The fraction of sp³-hybridized carbons (Fsp3) is 0.259. The van der Waals surface area contributed by atoms with Gasteiger partial charge in [-0.1, -0.05) is 54.1 Å². The van der Waals surface area contributed by atoms with Crippen LogP contribution < -0.4 is 14.8 Å². The molecular formula is C27H28N2O3S. The summed E-state index contributed by atoms with van der Waals surface area (Å²) in [4.78, 5) is 0.252. The highest BCUT2D eigenvalue weighted by Crippen LogP contribution is 2.50. The first-order chi connectivity index (χ1) is 16.0. The van der Waals surface area contributed by atoms with Crippen molar-refractivity contribution in [3.63, 3.8) is 0 Å². The maximum absolute atomic E-state index is 13.3. The molecule has 0 fully saturated rings. The Hall–Kier alpha value is -3.25. The predicted octanol–water partition coefficient (Wildman–Crippen LogP) is 6.02. The van der Waals surface area contributed by atoms with E-state index < -0.39 is 10.0 Å². The molecule has 3 aromatic rings. The summed E-state index contributed by atoms with van der Waals surface area (Å²) in [5.74, 6) is 1.05. The first kappa shape index (κ1) is 21.6.